The highest BCUT2D eigenvalue weighted by atomic mass is 32.2. The fourth-order valence-corrected chi connectivity index (χ4v) is 3.33. The molecule has 5 heteroatoms. The highest BCUT2D eigenvalue weighted by molar-refractivity contribution is 7.89. The van der Waals surface area contributed by atoms with Crippen molar-refractivity contribution >= 4 is 10.0 Å². The molecular formula is C9H20N2O2S. The smallest absolute Gasteiger partial charge is 0.214 e. The van der Waals surface area contributed by atoms with Crippen LogP contribution in [-0.2, 0) is 10.0 Å². The predicted molar refractivity (Wildman–Crippen MR) is 57.7 cm³/mol. The minimum atomic E-state index is -3.00. The maximum Gasteiger partial charge on any atom is 0.214 e. The summed E-state index contributed by atoms with van der Waals surface area (Å²) in [6.07, 6.45) is 1.88. The molecule has 84 valence electrons. The summed E-state index contributed by atoms with van der Waals surface area (Å²) in [5.74, 6) is 0.213. The lowest BCUT2D eigenvalue weighted by Gasteiger charge is -2.32. The molecular weight excluding hydrogens is 200 g/mol. The largest absolute Gasteiger partial charge is 0.317 e. The molecule has 0 saturated carbocycles. The molecule has 0 unspecified atom stereocenters. The molecule has 0 bridgehead atoms. The van der Waals surface area contributed by atoms with Gasteiger partial charge in [0.05, 0.1) is 5.75 Å². The van der Waals surface area contributed by atoms with Crippen LogP contribution in [0, 0.1) is 0 Å². The number of sulfonamides is 1. The lowest BCUT2D eigenvalue weighted by molar-refractivity contribution is 0.271. The summed E-state index contributed by atoms with van der Waals surface area (Å²) in [6.45, 7) is 6.08. The van der Waals surface area contributed by atoms with Gasteiger partial charge in [-0.25, -0.2) is 8.42 Å². The molecule has 0 spiro atoms. The van der Waals surface area contributed by atoms with E-state index in [9.17, 15) is 8.42 Å². The minimum absolute atomic E-state index is 0.213. The third-order valence-corrected chi connectivity index (χ3v) is 4.75. The molecule has 0 aliphatic carbocycles. The van der Waals surface area contributed by atoms with E-state index in [1.807, 2.05) is 6.92 Å². The molecule has 0 aromatic carbocycles. The van der Waals surface area contributed by atoms with Gasteiger partial charge in [0, 0.05) is 12.6 Å². The van der Waals surface area contributed by atoms with Crippen LogP contribution in [0.15, 0.2) is 0 Å². The van der Waals surface area contributed by atoms with E-state index in [1.54, 1.807) is 11.2 Å². The van der Waals surface area contributed by atoms with Crippen molar-refractivity contribution in [3.8, 4) is 0 Å². The van der Waals surface area contributed by atoms with Crippen molar-refractivity contribution in [2.75, 3.05) is 25.4 Å². The van der Waals surface area contributed by atoms with Crippen molar-refractivity contribution < 1.29 is 8.42 Å². The Labute approximate surface area is 86.7 Å². The molecule has 0 aromatic rings. The van der Waals surface area contributed by atoms with Crippen molar-refractivity contribution in [3.05, 3.63) is 0 Å². The SMILES string of the molecule is CCN(C1CCNCC1)S(=O)(=O)CC. The van der Waals surface area contributed by atoms with Crippen LogP contribution in [0.2, 0.25) is 0 Å². The standard InChI is InChI=1S/C9H20N2O2S/c1-3-11(14(12,13)4-2)9-5-7-10-8-6-9/h9-10H,3-8H2,1-2H3. The summed E-state index contributed by atoms with van der Waals surface area (Å²) >= 11 is 0. The van der Waals surface area contributed by atoms with E-state index in [2.05, 4.69) is 5.32 Å². The molecule has 1 saturated heterocycles. The molecule has 1 N–H and O–H groups in total. The Bertz CT molecular complexity index is 258. The van der Waals surface area contributed by atoms with Crippen LogP contribution >= 0.6 is 0 Å². The van der Waals surface area contributed by atoms with Crippen LogP contribution in [-0.4, -0.2) is 44.2 Å². The van der Waals surface area contributed by atoms with E-state index in [1.165, 1.54) is 0 Å². The lowest BCUT2D eigenvalue weighted by Crippen LogP contribution is -2.46. The van der Waals surface area contributed by atoms with Gasteiger partial charge in [-0.05, 0) is 32.9 Å². The van der Waals surface area contributed by atoms with Gasteiger partial charge < -0.3 is 5.32 Å². The molecule has 1 rings (SSSR count). The lowest BCUT2D eigenvalue weighted by atomic mass is 10.1. The minimum Gasteiger partial charge on any atom is -0.317 e. The van der Waals surface area contributed by atoms with Gasteiger partial charge in [-0.2, -0.15) is 4.31 Å². The average molecular weight is 220 g/mol. The summed E-state index contributed by atoms with van der Waals surface area (Å²) in [4.78, 5) is 0. The number of hydrogen-bond donors (Lipinski definition) is 1. The quantitative estimate of drug-likeness (QED) is 0.746. The molecule has 1 fully saturated rings. The van der Waals surface area contributed by atoms with Crippen LogP contribution < -0.4 is 5.32 Å². The number of hydrogen-bond acceptors (Lipinski definition) is 3. The normalized spacial score (nSPS) is 20.2. The van der Waals surface area contributed by atoms with Crippen LogP contribution in [0.25, 0.3) is 0 Å². The van der Waals surface area contributed by atoms with Gasteiger partial charge in [0.2, 0.25) is 10.0 Å². The highest BCUT2D eigenvalue weighted by Crippen LogP contribution is 2.15. The second kappa shape index (κ2) is 5.09. The zero-order valence-electron chi connectivity index (χ0n) is 8.99. The van der Waals surface area contributed by atoms with Gasteiger partial charge in [0.25, 0.3) is 0 Å². The fraction of sp³-hybridized carbons (Fsp3) is 1.00. The predicted octanol–water partition coefficient (Wildman–Crippen LogP) is 0.410. The molecule has 1 aliphatic heterocycles. The van der Waals surface area contributed by atoms with Gasteiger partial charge in [0.15, 0.2) is 0 Å². The molecule has 0 radical (unpaired) electrons. The molecule has 1 heterocycles. The van der Waals surface area contributed by atoms with E-state index in [-0.39, 0.29) is 11.8 Å². The molecule has 4 nitrogen and oxygen atoms in total. The van der Waals surface area contributed by atoms with Crippen molar-refractivity contribution in [3.63, 3.8) is 0 Å². The van der Waals surface area contributed by atoms with E-state index >= 15 is 0 Å². The summed E-state index contributed by atoms with van der Waals surface area (Å²) in [6, 6.07) is 0.214. The summed E-state index contributed by atoms with van der Waals surface area (Å²) in [5.41, 5.74) is 0. The Kier molecular flexibility index (Phi) is 4.34. The first-order valence-corrected chi connectivity index (χ1v) is 6.93. The van der Waals surface area contributed by atoms with E-state index in [0.29, 0.717) is 6.54 Å². The second-order valence-electron chi connectivity index (χ2n) is 3.59. The first-order valence-electron chi connectivity index (χ1n) is 5.32. The van der Waals surface area contributed by atoms with Crippen molar-refractivity contribution in [2.45, 2.75) is 32.7 Å². The highest BCUT2D eigenvalue weighted by Gasteiger charge is 2.27. The maximum atomic E-state index is 11.7. The van der Waals surface area contributed by atoms with Crippen LogP contribution in [0.5, 0.6) is 0 Å². The molecule has 1 aliphatic rings. The molecule has 0 aromatic heterocycles. The Hall–Kier alpha value is -0.130. The Morgan fingerprint density at radius 3 is 2.29 bits per heavy atom. The van der Waals surface area contributed by atoms with Crippen LogP contribution in [0.1, 0.15) is 26.7 Å². The van der Waals surface area contributed by atoms with Gasteiger partial charge in [-0.3, -0.25) is 0 Å². The fourth-order valence-electron chi connectivity index (χ4n) is 1.94. The number of piperidine rings is 1. The van der Waals surface area contributed by atoms with Gasteiger partial charge in [-0.15, -0.1) is 0 Å². The number of nitrogens with zero attached hydrogens (tertiary/aromatic N) is 1. The van der Waals surface area contributed by atoms with Crippen LogP contribution in [0.4, 0.5) is 0 Å². The maximum absolute atomic E-state index is 11.7. The monoisotopic (exact) mass is 220 g/mol. The van der Waals surface area contributed by atoms with Gasteiger partial charge in [-0.1, -0.05) is 6.92 Å². The number of nitrogens with one attached hydrogen (secondary N) is 1. The molecule has 14 heavy (non-hydrogen) atoms. The summed E-state index contributed by atoms with van der Waals surface area (Å²) < 4.78 is 25.1. The summed E-state index contributed by atoms with van der Waals surface area (Å²) in [5, 5.41) is 3.24. The summed E-state index contributed by atoms with van der Waals surface area (Å²) in [7, 11) is -3.00. The molecule has 0 atom stereocenters. The zero-order valence-corrected chi connectivity index (χ0v) is 9.81. The third kappa shape index (κ3) is 2.68. The van der Waals surface area contributed by atoms with E-state index < -0.39 is 10.0 Å². The van der Waals surface area contributed by atoms with Crippen LogP contribution in [0.3, 0.4) is 0 Å². The van der Waals surface area contributed by atoms with E-state index in [4.69, 9.17) is 0 Å². The Morgan fingerprint density at radius 1 is 1.29 bits per heavy atom. The first kappa shape index (κ1) is 11.9. The zero-order chi connectivity index (χ0) is 10.6. The average Bonchev–Trinajstić information content (AvgIpc) is 2.20. The topological polar surface area (TPSA) is 49.4 Å². The Morgan fingerprint density at radius 2 is 1.86 bits per heavy atom. The molecule has 0 amide bonds. The number of rotatable bonds is 4. The van der Waals surface area contributed by atoms with Crippen molar-refractivity contribution in [2.24, 2.45) is 0 Å². The van der Waals surface area contributed by atoms with Gasteiger partial charge in [0.1, 0.15) is 0 Å². The van der Waals surface area contributed by atoms with Crippen molar-refractivity contribution in [1.82, 2.24) is 9.62 Å². The Balaban J connectivity index is 2.70. The first-order chi connectivity index (χ1) is 6.61. The third-order valence-electron chi connectivity index (χ3n) is 2.75. The van der Waals surface area contributed by atoms with Crippen molar-refractivity contribution in [1.29, 1.82) is 0 Å². The van der Waals surface area contributed by atoms with Gasteiger partial charge >= 0.3 is 0 Å². The second-order valence-corrected chi connectivity index (χ2v) is 5.80. The van der Waals surface area contributed by atoms with E-state index in [0.717, 1.165) is 25.9 Å².